The molecule has 1 aromatic heterocycles. The van der Waals surface area contributed by atoms with Crippen LogP contribution in [0.2, 0.25) is 0 Å². The highest BCUT2D eigenvalue weighted by molar-refractivity contribution is 8.00. The molecule has 714 valence electrons. The third-order valence-electron chi connectivity index (χ3n) is 23.4. The van der Waals surface area contributed by atoms with Crippen LogP contribution in [0.1, 0.15) is 113 Å². The monoisotopic (exact) mass is 1860 g/mol. The van der Waals surface area contributed by atoms with E-state index in [1.807, 2.05) is 6.92 Å². The Bertz CT molecular complexity index is 5250. The number of nitrogens with one attached hydrogen (secondary N) is 10. The first kappa shape index (κ1) is 103. The Labute approximate surface area is 773 Å². The minimum Gasteiger partial charge on any atom is -0.508 e. The zero-order valence-corrected chi connectivity index (χ0v) is 76.6. The van der Waals surface area contributed by atoms with Gasteiger partial charge in [-0.2, -0.15) is 0 Å². The Morgan fingerprint density at radius 3 is 1.60 bits per heavy atom. The molecule has 2 fully saturated rings. The van der Waals surface area contributed by atoms with Crippen molar-refractivity contribution >= 4 is 111 Å². The molecular formula is C95H119F3N16O18S. The molecule has 9 rings (SSSR count). The van der Waals surface area contributed by atoms with Crippen molar-refractivity contribution in [2.75, 3.05) is 65.4 Å². The number of primary amides is 1. The lowest BCUT2D eigenvalue weighted by atomic mass is 9.98. The van der Waals surface area contributed by atoms with Gasteiger partial charge >= 0.3 is 0 Å². The van der Waals surface area contributed by atoms with Crippen molar-refractivity contribution in [1.82, 2.24) is 77.3 Å². The number of halogens is 3. The second kappa shape index (κ2) is 49.2. The SMILES string of the molecule is CCCC[C@H]1C(=O)N(CC)CC(=O)N[C@@H](CO)C(=O)N[C@@H](C(C)C)C(=O)N(C)[C@@H](Cc2ccccc2)C(=O)N[C@@H](Cc2ccc(O)cc2)C(=O)N2CCC[C@@H]2C(=O)N[C@@H](Cc2c[nH]c3ccccc23)C(=O)N[C@@H](Cc2ccc(O)cc2)C(=O)N[C@@H](CC(C)C)C(=O)N[C@H](C(=O)NCC(N)=O)CSCC(=O)N[C@@H](Cc2cc(F)c(F)c(F)c2)C(=O)N(C)[C@@H](Cc2ccccc2)C(=O)N1C. The molecule has 6 aromatic carbocycles. The zero-order chi connectivity index (χ0) is 97.0. The fraction of sp³-hybridized carbons (Fsp3) is 0.442. The van der Waals surface area contributed by atoms with E-state index < -0.39 is 228 Å². The molecule has 2 saturated heterocycles. The molecule has 0 saturated carbocycles. The molecule has 12 atom stereocenters. The van der Waals surface area contributed by atoms with Gasteiger partial charge in [0, 0.05) is 95.6 Å². The summed E-state index contributed by atoms with van der Waals surface area (Å²) in [5, 5.41) is 56.2. The van der Waals surface area contributed by atoms with Crippen molar-refractivity contribution in [3.8, 4) is 11.5 Å². The van der Waals surface area contributed by atoms with Crippen LogP contribution < -0.4 is 53.6 Å². The topological polar surface area (TPSA) is 483 Å². The lowest BCUT2D eigenvalue weighted by Gasteiger charge is -2.37. The Kier molecular flexibility index (Phi) is 38.2. The van der Waals surface area contributed by atoms with E-state index in [9.17, 15) is 43.7 Å². The molecule has 0 unspecified atom stereocenters. The first-order valence-corrected chi connectivity index (χ1v) is 45.4. The van der Waals surface area contributed by atoms with E-state index in [2.05, 4.69) is 52.8 Å². The lowest BCUT2D eigenvalue weighted by Crippen LogP contribution is -2.62. The molecule has 0 bridgehead atoms. The van der Waals surface area contributed by atoms with E-state index in [4.69, 9.17) is 5.73 Å². The number of aliphatic hydroxyl groups is 1. The maximum atomic E-state index is 15.7. The van der Waals surface area contributed by atoms with Gasteiger partial charge in [0.25, 0.3) is 0 Å². The lowest BCUT2D eigenvalue weighted by molar-refractivity contribution is -0.151. The predicted molar refractivity (Wildman–Crippen MR) is 488 cm³/mol. The number of aromatic hydroxyl groups is 2. The molecule has 7 aromatic rings. The number of benzene rings is 6. The Morgan fingerprint density at radius 1 is 0.519 bits per heavy atom. The van der Waals surface area contributed by atoms with Crippen molar-refractivity contribution in [1.29, 1.82) is 0 Å². The number of para-hydroxylation sites is 1. The van der Waals surface area contributed by atoms with Crippen molar-refractivity contribution in [3.63, 3.8) is 0 Å². The van der Waals surface area contributed by atoms with E-state index in [1.165, 1.54) is 81.5 Å². The summed E-state index contributed by atoms with van der Waals surface area (Å²) in [6, 6.07) is 17.5. The summed E-state index contributed by atoms with van der Waals surface area (Å²) in [7, 11) is 3.81. The minimum atomic E-state index is -1.85. The highest BCUT2D eigenvalue weighted by Gasteiger charge is 2.45. The highest BCUT2D eigenvalue weighted by Crippen LogP contribution is 2.28. The summed E-state index contributed by atoms with van der Waals surface area (Å²) in [4.78, 5) is 233. The number of aromatic nitrogens is 1. The van der Waals surface area contributed by atoms with Crippen molar-refractivity contribution in [2.24, 2.45) is 17.6 Å². The van der Waals surface area contributed by atoms with E-state index >= 15 is 56.7 Å². The summed E-state index contributed by atoms with van der Waals surface area (Å²) in [5.74, 6) is -22.0. The van der Waals surface area contributed by atoms with Crippen molar-refractivity contribution in [2.45, 2.75) is 191 Å². The largest absolute Gasteiger partial charge is 0.508 e. The van der Waals surface area contributed by atoms with E-state index in [0.717, 1.165) is 19.6 Å². The number of carbonyl (C=O) groups is 15. The number of H-pyrrole nitrogens is 1. The smallest absolute Gasteiger partial charge is 0.246 e. The van der Waals surface area contributed by atoms with Gasteiger partial charge in [0.05, 0.1) is 25.4 Å². The zero-order valence-electron chi connectivity index (χ0n) is 75.8. The third kappa shape index (κ3) is 29.1. The number of aliphatic hydroxyl groups excluding tert-OH is 1. The summed E-state index contributed by atoms with van der Waals surface area (Å²) in [5.41, 5.74) is 8.06. The number of nitrogens with zero attached hydrogens (tertiary/aromatic N) is 5. The molecule has 0 spiro atoms. The van der Waals surface area contributed by atoms with Gasteiger partial charge < -0.3 is 98.4 Å². The molecule has 0 radical (unpaired) electrons. The molecule has 2 aliphatic heterocycles. The van der Waals surface area contributed by atoms with Crippen LogP contribution in [0.25, 0.3) is 10.9 Å². The second-order valence-electron chi connectivity index (χ2n) is 34.1. The number of hydrogen-bond acceptors (Lipinski definition) is 19. The van der Waals surface area contributed by atoms with Crippen LogP contribution >= 0.6 is 11.8 Å². The minimum absolute atomic E-state index is 0.0193. The van der Waals surface area contributed by atoms with Gasteiger partial charge in [0.1, 0.15) is 84.0 Å². The van der Waals surface area contributed by atoms with Crippen LogP contribution in [-0.4, -0.2) is 271 Å². The maximum Gasteiger partial charge on any atom is 0.246 e. The number of carbonyl (C=O) groups excluding carboxylic acids is 15. The summed E-state index contributed by atoms with van der Waals surface area (Å²) in [6.45, 7) is 7.11. The normalized spacial score (nSPS) is 22.6. The number of amides is 15. The van der Waals surface area contributed by atoms with E-state index in [-0.39, 0.29) is 87.9 Å². The molecule has 34 nitrogen and oxygen atoms in total. The first-order chi connectivity index (χ1) is 63.4. The van der Waals surface area contributed by atoms with Crippen molar-refractivity contribution < 1.29 is 100 Å². The molecule has 38 heteroatoms. The van der Waals surface area contributed by atoms with Gasteiger partial charge in [-0.3, -0.25) is 71.9 Å². The number of thioether (sulfide) groups is 1. The van der Waals surface area contributed by atoms with E-state index in [0.29, 0.717) is 75.5 Å². The number of phenols is 2. The van der Waals surface area contributed by atoms with Gasteiger partial charge in [0.2, 0.25) is 88.6 Å². The van der Waals surface area contributed by atoms with Gasteiger partial charge in [-0.15, -0.1) is 11.8 Å². The average molecular weight is 1860 g/mol. The van der Waals surface area contributed by atoms with Crippen molar-refractivity contribution in [3.05, 3.63) is 203 Å². The van der Waals surface area contributed by atoms with Crippen LogP contribution in [0.5, 0.6) is 11.5 Å². The Hall–Kier alpha value is -13.4. The molecule has 15 N–H and O–H groups in total. The first-order valence-electron chi connectivity index (χ1n) is 44.2. The van der Waals surface area contributed by atoms with Gasteiger partial charge in [-0.1, -0.05) is 151 Å². The van der Waals surface area contributed by atoms with Crippen LogP contribution in [0.4, 0.5) is 13.2 Å². The number of unbranched alkanes of at least 4 members (excludes halogenated alkanes) is 1. The fourth-order valence-corrected chi connectivity index (χ4v) is 16.9. The molecular weight excluding hydrogens is 1740 g/mol. The fourth-order valence-electron chi connectivity index (χ4n) is 16.0. The summed E-state index contributed by atoms with van der Waals surface area (Å²) < 4.78 is 45.0. The van der Waals surface area contributed by atoms with E-state index in [1.54, 1.807) is 119 Å². The Morgan fingerprint density at radius 2 is 1.02 bits per heavy atom. The van der Waals surface area contributed by atoms with Crippen LogP contribution in [0.15, 0.2) is 152 Å². The van der Waals surface area contributed by atoms with Crippen LogP contribution in [-0.2, 0) is 110 Å². The number of aromatic amines is 1. The molecule has 3 heterocycles. The predicted octanol–water partition coefficient (Wildman–Crippen LogP) is 3.18. The highest BCUT2D eigenvalue weighted by atomic mass is 32.2. The summed E-state index contributed by atoms with van der Waals surface area (Å²) >= 11 is 0.684. The van der Waals surface area contributed by atoms with Crippen LogP contribution in [0, 0.1) is 29.3 Å². The van der Waals surface area contributed by atoms with Gasteiger partial charge in [-0.25, -0.2) is 13.2 Å². The maximum absolute atomic E-state index is 15.7. The number of phenolic OH excluding ortho intramolecular Hbond substituents is 2. The third-order valence-corrected chi connectivity index (χ3v) is 24.4. The van der Waals surface area contributed by atoms with Gasteiger partial charge in [0.15, 0.2) is 17.5 Å². The van der Waals surface area contributed by atoms with Gasteiger partial charge in [-0.05, 0) is 120 Å². The molecule has 15 amide bonds. The number of rotatable bonds is 23. The number of hydrogen-bond donors (Lipinski definition) is 14. The molecule has 0 aliphatic carbocycles. The summed E-state index contributed by atoms with van der Waals surface area (Å²) in [6.07, 6.45) is 0.413. The average Bonchev–Trinajstić information content (AvgIpc) is 1.73. The number of nitrogens with two attached hydrogens (primary N) is 1. The number of fused-ring (bicyclic) bond motifs is 2. The Balaban J connectivity index is 1.13. The number of likely N-dealkylation sites (N-methyl/N-ethyl adjacent to an activating group) is 4. The quantitative estimate of drug-likeness (QED) is 0.0409. The second-order valence-corrected chi connectivity index (χ2v) is 35.2. The molecule has 133 heavy (non-hydrogen) atoms. The standard InChI is InChI=1S/C95H119F3N16O18S/c1-10-12-28-76-94(131)113(11-2)50-80(119)103-73(51-115)88(125)109-83(55(5)6)95(132)111(8)77(45-56-22-15-13-16-23-56)90(127)107-72(43-59-32-36-63(117)37-33-59)92(129)114-38-21-29-75(114)89(126)106-70(47-61-48-100-67-27-20-19-26-64(61)67)87(124)105-69(42-58-30-34-62(116)35-31-58)86(123)104-68(39-54(3)4)85(122)108-74(84(121)101-49-79(99)118)52-133-53-81(120)102-71(44-60-40-65(96)82(98)66(97)41-60)91(128)112(9)78(93(130)110(76)7)46-57-24-17-14-18-25-57/h13-20,22-27,30-37,40-41,48,54-55,68-78,83,100,115-117H,10-12,21,28-29,38-39,42-47,49-53H2,1-9H3,(H2,99,118)(H,101,121)(H,102,120)(H,103,119)(H,104,123)(H,105,124)(H,106,126)(H,107,127)(H,108,122)(H,109,125)/t68-,69-,70-,71-,72-,73-,74-,75+,76-,77-,78-,83-/m0/s1. The van der Waals surface area contributed by atoms with Crippen LogP contribution in [0.3, 0.4) is 0 Å². The molecule has 2 aliphatic rings.